The summed E-state index contributed by atoms with van der Waals surface area (Å²) in [4.78, 5) is 4.96. The van der Waals surface area contributed by atoms with Gasteiger partial charge in [-0.2, -0.15) is 0 Å². The number of benzene rings is 15. The van der Waals surface area contributed by atoms with Gasteiger partial charge in [0.25, 0.3) is 6.71 Å². The van der Waals surface area contributed by atoms with Gasteiger partial charge >= 0.3 is 0 Å². The number of hydrogen-bond acceptors (Lipinski definition) is 4. The largest absolute Gasteiger partial charge is 0.310 e. The fourth-order valence-corrected chi connectivity index (χ4v) is 17.5. The smallest absolute Gasteiger partial charge is 0.252 e. The van der Waals surface area contributed by atoms with Gasteiger partial charge in [0.2, 0.25) is 0 Å². The average Bonchev–Trinajstić information content (AvgIpc) is 0.995. The molecule has 0 bridgehead atoms. The number of nitrogens with zero attached hydrogens (tertiary/aromatic N) is 3. The Morgan fingerprint density at radius 1 is 0.295 bits per heavy atom. The van der Waals surface area contributed by atoms with E-state index in [9.17, 15) is 11.0 Å². The third-order valence-corrected chi connectivity index (χ3v) is 21.0. The predicted molar refractivity (Wildman–Crippen MR) is 381 cm³/mol. The molecule has 0 radical (unpaired) electrons. The lowest BCUT2D eigenvalue weighted by molar-refractivity contribution is 1.16. The van der Waals surface area contributed by atoms with Gasteiger partial charge in [-0.15, -0.1) is 22.7 Å². The highest BCUT2D eigenvalue weighted by atomic mass is 32.1. The van der Waals surface area contributed by atoms with Gasteiger partial charge in [-0.05, 0) is 120 Å². The Bertz CT molecular complexity index is 6160. The maximum absolute atomic E-state index is 10.1. The van der Waals surface area contributed by atoms with Crippen LogP contribution in [0, 0.1) is 0 Å². The van der Waals surface area contributed by atoms with Crippen LogP contribution in [0.2, 0.25) is 0 Å². The Morgan fingerprint density at radius 2 is 0.659 bits per heavy atom. The van der Waals surface area contributed by atoms with Crippen LogP contribution in [-0.2, 0) is 0 Å². The van der Waals surface area contributed by atoms with Crippen molar-refractivity contribution in [1.29, 1.82) is 0 Å². The molecule has 0 unspecified atom stereocenters. The van der Waals surface area contributed by atoms with Crippen molar-refractivity contribution in [3.8, 4) is 27.9 Å². The molecule has 0 saturated carbocycles. The van der Waals surface area contributed by atoms with Crippen LogP contribution in [0.4, 0.5) is 34.1 Å². The highest BCUT2D eigenvalue weighted by Crippen LogP contribution is 2.56. The first-order valence-corrected chi connectivity index (χ1v) is 31.3. The summed E-state index contributed by atoms with van der Waals surface area (Å²) in [7, 11) is 0. The van der Waals surface area contributed by atoms with Crippen molar-refractivity contribution in [3.05, 3.63) is 291 Å². The molecule has 0 aliphatic carbocycles. The summed E-state index contributed by atoms with van der Waals surface area (Å²) >= 11 is 3.59. The zero-order chi connectivity index (χ0) is 64.3. The Morgan fingerprint density at radius 3 is 1.10 bits per heavy atom. The van der Waals surface area contributed by atoms with Crippen LogP contribution in [0.1, 0.15) is 11.0 Å². The molecule has 0 fully saturated rings. The molecule has 88 heavy (non-hydrogen) atoms. The van der Waals surface area contributed by atoms with E-state index in [1.807, 2.05) is 0 Å². The molecule has 0 saturated heterocycles. The Hall–Kier alpha value is -10.8. The van der Waals surface area contributed by atoms with Gasteiger partial charge < -0.3 is 14.4 Å². The number of thiophene rings is 2. The molecule has 0 spiro atoms. The van der Waals surface area contributed by atoms with E-state index in [1.54, 1.807) is 27.2 Å². The quantitative estimate of drug-likeness (QED) is 0.126. The van der Waals surface area contributed by atoms with Gasteiger partial charge in [-0.1, -0.05) is 230 Å². The molecular formula is C82H48BN3S2. The molecule has 5 heterocycles. The highest BCUT2D eigenvalue weighted by Gasteiger charge is 2.46. The Kier molecular flexibility index (Phi) is 8.63. The molecule has 18 aromatic rings. The van der Waals surface area contributed by atoms with E-state index >= 15 is 0 Å². The van der Waals surface area contributed by atoms with E-state index in [-0.39, 0.29) is 33.9 Å². The van der Waals surface area contributed by atoms with Crippen molar-refractivity contribution in [3.63, 3.8) is 0 Å². The van der Waals surface area contributed by atoms with Crippen molar-refractivity contribution >= 4 is 185 Å². The molecule has 20 rings (SSSR count). The van der Waals surface area contributed by atoms with Crippen molar-refractivity contribution in [2.45, 2.75) is 0 Å². The lowest BCUT2D eigenvalue weighted by Crippen LogP contribution is -2.61. The molecule has 0 atom stereocenters. The van der Waals surface area contributed by atoms with E-state index in [2.05, 4.69) is 252 Å². The van der Waals surface area contributed by atoms with Crippen molar-refractivity contribution < 1.29 is 11.0 Å². The van der Waals surface area contributed by atoms with Crippen LogP contribution in [0.5, 0.6) is 0 Å². The predicted octanol–water partition coefficient (Wildman–Crippen LogP) is 21.5. The maximum Gasteiger partial charge on any atom is 0.252 e. The molecular weight excluding hydrogens is 1100 g/mol. The van der Waals surface area contributed by atoms with Crippen molar-refractivity contribution in [2.75, 3.05) is 9.80 Å². The first-order valence-electron chi connectivity index (χ1n) is 33.7. The van der Waals surface area contributed by atoms with Gasteiger partial charge in [-0.25, -0.2) is 0 Å². The minimum Gasteiger partial charge on any atom is -0.310 e. The van der Waals surface area contributed by atoms with Gasteiger partial charge in [0.15, 0.2) is 0 Å². The van der Waals surface area contributed by atoms with Crippen LogP contribution in [-0.4, -0.2) is 11.3 Å². The van der Waals surface area contributed by atoms with E-state index in [0.29, 0.717) is 5.69 Å². The first kappa shape index (κ1) is 41.3. The lowest BCUT2D eigenvalue weighted by atomic mass is 9.33. The summed E-state index contributed by atoms with van der Waals surface area (Å²) in [6, 6.07) is 83.7. The molecule has 2 aliphatic heterocycles. The first-order chi connectivity index (χ1) is 47.0. The minimum absolute atomic E-state index is 0.00822. The third kappa shape index (κ3) is 6.68. The number of rotatable bonds is 5. The topological polar surface area (TPSA) is 11.4 Å². The summed E-state index contributed by atoms with van der Waals surface area (Å²) in [6.07, 6.45) is 0. The zero-order valence-electron chi connectivity index (χ0n) is 54.8. The van der Waals surface area contributed by atoms with Gasteiger partial charge in [0, 0.05) is 95.8 Å². The SMILES string of the molecule is [2H]c1c([2H])c([2H])c2c(c1[2H])c1c([2H])c([2H])c([2H])c([2H])c1n2-c1cc2c3c(c1)N(c1c(-c4ccccc4)c4ccccc4c4ccccc14)c1cc4c(cc1B3c1cc3sc5ccccc5c3cc1N2c1c(-c2ccccc2)c2ccccc2c2ccccc12)sc1ccccc14. The van der Waals surface area contributed by atoms with Gasteiger partial charge in [0.1, 0.15) is 0 Å². The summed E-state index contributed by atoms with van der Waals surface area (Å²) in [5, 5.41) is 12.9. The summed E-state index contributed by atoms with van der Waals surface area (Å²) in [5.74, 6) is 0. The van der Waals surface area contributed by atoms with E-state index < -0.39 is 43.0 Å². The van der Waals surface area contributed by atoms with Gasteiger partial charge in [0.05, 0.1) is 39.1 Å². The van der Waals surface area contributed by atoms with Crippen molar-refractivity contribution in [1.82, 2.24) is 4.57 Å². The third-order valence-electron chi connectivity index (χ3n) is 18.7. The lowest BCUT2D eigenvalue weighted by Gasteiger charge is -2.46. The standard InChI is InChI=1S/C82H48BN3S2/c1-3-23-49(24-4-1)78-60-35-11-7-27-52(60)54-29-9-13-37-62(54)81(78)85-70-45-64-58-33-17-21-41-74(58)87-76(64)47-66(70)83-67-48-77-65(59-34-18-22-42-75(59)88-77)46-71(67)86(82-63-38-14-10-30-55(63)53-28-8-12-36-61(53)79(82)50-25-5-2-6-26-50)73-44-51(43-72(85)80(73)83)84-68-39-19-15-31-56(68)57-32-16-20-40-69(57)84/h1-48H/i15D,16D,19D,20D,31D,32D,39D,40D. The normalized spacial score (nSPS) is 14.2. The zero-order valence-corrected chi connectivity index (χ0v) is 48.5. The fourth-order valence-electron chi connectivity index (χ4n) is 15.2. The maximum atomic E-state index is 10.1. The van der Waals surface area contributed by atoms with E-state index in [0.717, 1.165) is 147 Å². The van der Waals surface area contributed by atoms with Crippen LogP contribution in [0.3, 0.4) is 0 Å². The van der Waals surface area contributed by atoms with Crippen LogP contribution >= 0.6 is 22.7 Å². The summed E-state index contributed by atoms with van der Waals surface area (Å²) in [6.45, 7) is -0.447. The molecule has 15 aromatic carbocycles. The van der Waals surface area contributed by atoms with Crippen molar-refractivity contribution in [2.24, 2.45) is 0 Å². The van der Waals surface area contributed by atoms with Crippen LogP contribution in [0.15, 0.2) is 291 Å². The number of para-hydroxylation sites is 2. The van der Waals surface area contributed by atoms with Crippen LogP contribution in [0.25, 0.3) is 133 Å². The number of anilines is 6. The molecule has 2 aliphatic rings. The van der Waals surface area contributed by atoms with E-state index in [4.69, 9.17) is 0 Å². The average molecular weight is 1160 g/mol. The number of hydrogen-bond donors (Lipinski definition) is 0. The Labute approximate surface area is 526 Å². The Balaban J connectivity index is 1.07. The molecule has 406 valence electrons. The van der Waals surface area contributed by atoms with E-state index in [1.165, 1.54) is 9.40 Å². The molecule has 0 N–H and O–H groups in total. The van der Waals surface area contributed by atoms with Crippen LogP contribution < -0.4 is 26.2 Å². The highest BCUT2D eigenvalue weighted by molar-refractivity contribution is 7.26. The number of fused-ring (bicyclic) bond motifs is 19. The fraction of sp³-hybridized carbons (Fsp3) is 0. The molecule has 3 nitrogen and oxygen atoms in total. The minimum atomic E-state index is -0.499. The second-order valence-electron chi connectivity index (χ2n) is 23.2. The second-order valence-corrected chi connectivity index (χ2v) is 25.3. The summed E-state index contributed by atoms with van der Waals surface area (Å²) < 4.78 is 83.2. The second kappa shape index (κ2) is 18.4. The monoisotopic (exact) mass is 1160 g/mol. The summed E-state index contributed by atoms with van der Waals surface area (Å²) in [5.41, 5.74) is 13.1. The van der Waals surface area contributed by atoms with Gasteiger partial charge in [-0.3, -0.25) is 0 Å². The number of aromatic nitrogens is 1. The molecule has 0 amide bonds. The molecule has 3 aromatic heterocycles. The molecule has 6 heteroatoms.